The summed E-state index contributed by atoms with van der Waals surface area (Å²) < 4.78 is 5.37. The van der Waals surface area contributed by atoms with Crippen molar-refractivity contribution in [3.63, 3.8) is 0 Å². The molecule has 3 rings (SSSR count). The topological polar surface area (TPSA) is 108 Å². The summed E-state index contributed by atoms with van der Waals surface area (Å²) in [5, 5.41) is 16.0. The number of nitrogens with zero attached hydrogens (tertiary/aromatic N) is 1. The first-order valence-corrected chi connectivity index (χ1v) is 12.7. The van der Waals surface area contributed by atoms with E-state index in [-0.39, 0.29) is 17.6 Å². The fourth-order valence-corrected chi connectivity index (χ4v) is 4.38. The van der Waals surface area contributed by atoms with Crippen molar-refractivity contribution in [2.45, 2.75) is 66.5 Å². The van der Waals surface area contributed by atoms with Crippen LogP contribution in [-0.4, -0.2) is 40.1 Å². The normalized spacial score (nSPS) is 15.4. The summed E-state index contributed by atoms with van der Waals surface area (Å²) in [5.41, 5.74) is 3.95. The van der Waals surface area contributed by atoms with Gasteiger partial charge in [0.25, 0.3) is 5.91 Å². The fraction of sp³-hybridized carbons (Fsp3) is 0.367. The Kier molecular flexibility index (Phi) is 8.66. The molecular weight excluding hydrogens is 482 g/mol. The number of fused-ring (bicyclic) bond motifs is 1. The largest absolute Gasteiger partial charge is 0.507 e. The van der Waals surface area contributed by atoms with Crippen LogP contribution in [0.1, 0.15) is 61.6 Å². The second-order valence-electron chi connectivity index (χ2n) is 10.4. The molecule has 8 heteroatoms. The molecule has 38 heavy (non-hydrogen) atoms. The lowest BCUT2D eigenvalue weighted by atomic mass is 9.91. The molecule has 0 fully saturated rings. The minimum Gasteiger partial charge on any atom is -0.507 e. The molecule has 0 saturated heterocycles. The molecule has 202 valence electrons. The Bertz CT molecular complexity index is 1300. The molecule has 3 N–H and O–H groups in total. The number of hydrogen-bond donors (Lipinski definition) is 3. The van der Waals surface area contributed by atoms with E-state index in [1.54, 1.807) is 65.0 Å². The first-order chi connectivity index (χ1) is 17.8. The van der Waals surface area contributed by atoms with E-state index < -0.39 is 17.7 Å². The van der Waals surface area contributed by atoms with Crippen molar-refractivity contribution >= 4 is 29.3 Å². The average Bonchev–Trinajstić information content (AvgIpc) is 2.84. The molecule has 2 aromatic rings. The molecule has 0 aliphatic carbocycles. The van der Waals surface area contributed by atoms with Gasteiger partial charge in [-0.1, -0.05) is 24.3 Å². The molecule has 0 saturated carbocycles. The van der Waals surface area contributed by atoms with Gasteiger partial charge in [-0.3, -0.25) is 14.9 Å². The number of ether oxygens (including phenoxy) is 1. The lowest BCUT2D eigenvalue weighted by molar-refractivity contribution is -0.135. The van der Waals surface area contributed by atoms with Crippen LogP contribution in [0.5, 0.6) is 5.75 Å². The van der Waals surface area contributed by atoms with Crippen molar-refractivity contribution in [3.8, 4) is 5.75 Å². The van der Waals surface area contributed by atoms with E-state index in [0.29, 0.717) is 41.0 Å². The van der Waals surface area contributed by atoms with Gasteiger partial charge in [0.1, 0.15) is 17.4 Å². The van der Waals surface area contributed by atoms with E-state index in [9.17, 15) is 19.5 Å². The maximum atomic E-state index is 13.8. The number of allylic oxidation sites excluding steroid dienone is 3. The Hall–Kier alpha value is -4.07. The van der Waals surface area contributed by atoms with Gasteiger partial charge in [-0.25, -0.2) is 4.79 Å². The van der Waals surface area contributed by atoms with Gasteiger partial charge in [0.15, 0.2) is 0 Å². The molecule has 0 radical (unpaired) electrons. The highest BCUT2D eigenvalue weighted by Crippen LogP contribution is 2.35. The minimum atomic E-state index is -0.935. The highest BCUT2D eigenvalue weighted by atomic mass is 16.6. The molecule has 0 spiro atoms. The third-order valence-electron chi connectivity index (χ3n) is 6.41. The quantitative estimate of drug-likeness (QED) is 0.260. The van der Waals surface area contributed by atoms with Crippen LogP contribution in [0, 0.1) is 20.8 Å². The monoisotopic (exact) mass is 519 g/mol. The van der Waals surface area contributed by atoms with Crippen molar-refractivity contribution in [1.82, 2.24) is 4.90 Å². The zero-order chi connectivity index (χ0) is 28.2. The van der Waals surface area contributed by atoms with Crippen LogP contribution in [0.2, 0.25) is 0 Å². The van der Waals surface area contributed by atoms with Crippen molar-refractivity contribution in [3.05, 3.63) is 76.4 Å². The summed E-state index contributed by atoms with van der Waals surface area (Å²) in [5.74, 6) is -0.498. The van der Waals surface area contributed by atoms with E-state index in [1.165, 1.54) is 11.0 Å². The van der Waals surface area contributed by atoms with Crippen molar-refractivity contribution in [1.29, 1.82) is 0 Å². The fourth-order valence-electron chi connectivity index (χ4n) is 4.38. The number of aromatic hydroxyl groups is 1. The molecule has 1 aliphatic rings. The summed E-state index contributed by atoms with van der Waals surface area (Å²) in [6, 6.07) is 6.13. The molecule has 1 heterocycles. The zero-order valence-corrected chi connectivity index (χ0v) is 23.1. The Morgan fingerprint density at radius 1 is 1.05 bits per heavy atom. The summed E-state index contributed by atoms with van der Waals surface area (Å²) in [7, 11) is 0. The number of amides is 3. The van der Waals surface area contributed by atoms with Crippen LogP contribution in [0.15, 0.2) is 48.6 Å². The van der Waals surface area contributed by atoms with E-state index in [2.05, 4.69) is 10.6 Å². The smallest absolute Gasteiger partial charge is 0.412 e. The van der Waals surface area contributed by atoms with Crippen LogP contribution in [-0.2, 0) is 20.7 Å². The number of benzene rings is 2. The van der Waals surface area contributed by atoms with Crippen LogP contribution in [0.4, 0.5) is 16.2 Å². The van der Waals surface area contributed by atoms with Gasteiger partial charge in [0, 0.05) is 24.0 Å². The molecule has 1 aliphatic heterocycles. The molecule has 1 unspecified atom stereocenters. The van der Waals surface area contributed by atoms with E-state index in [1.807, 2.05) is 26.0 Å². The van der Waals surface area contributed by atoms with Crippen LogP contribution in [0.25, 0.3) is 0 Å². The van der Waals surface area contributed by atoms with Gasteiger partial charge in [-0.15, -0.1) is 0 Å². The van der Waals surface area contributed by atoms with Gasteiger partial charge in [0.2, 0.25) is 5.91 Å². The van der Waals surface area contributed by atoms with Gasteiger partial charge < -0.3 is 20.1 Å². The van der Waals surface area contributed by atoms with Crippen molar-refractivity contribution in [2.24, 2.45) is 0 Å². The van der Waals surface area contributed by atoms with Crippen LogP contribution < -0.4 is 10.6 Å². The maximum absolute atomic E-state index is 13.8. The second-order valence-corrected chi connectivity index (χ2v) is 10.4. The lowest BCUT2D eigenvalue weighted by Crippen LogP contribution is -2.45. The molecule has 1 atom stereocenters. The second kappa shape index (κ2) is 11.5. The predicted octanol–water partition coefficient (Wildman–Crippen LogP) is 5.86. The highest BCUT2D eigenvalue weighted by Gasteiger charge is 2.36. The van der Waals surface area contributed by atoms with Gasteiger partial charge in [-0.05, 0) is 101 Å². The lowest BCUT2D eigenvalue weighted by Gasteiger charge is -2.36. The first-order valence-electron chi connectivity index (χ1n) is 12.7. The van der Waals surface area contributed by atoms with Crippen LogP contribution in [0.3, 0.4) is 0 Å². The number of phenolic OH excluding ortho intramolecular Hbond substituents is 1. The first kappa shape index (κ1) is 28.5. The van der Waals surface area contributed by atoms with Gasteiger partial charge in [0.05, 0.1) is 0 Å². The standard InChI is InChI=1S/C30H37N3O5/c1-8-9-10-11-25(34)33-15-14-21-12-13-22(31-29(37)38-30(5,6)7)17-23(21)26(33)28(36)32-24-16-18(2)27(35)20(4)19(24)3/h8-13,16-17,26,35H,14-15H2,1-7H3,(H,31,37)(H,32,36). The van der Waals surface area contributed by atoms with Crippen LogP contribution >= 0.6 is 0 Å². The minimum absolute atomic E-state index is 0.187. The number of anilines is 2. The molecular formula is C30H37N3O5. The summed E-state index contributed by atoms with van der Waals surface area (Å²) in [4.78, 5) is 40.9. The molecule has 0 aromatic heterocycles. The van der Waals surface area contributed by atoms with Gasteiger partial charge >= 0.3 is 6.09 Å². The Morgan fingerprint density at radius 2 is 1.76 bits per heavy atom. The maximum Gasteiger partial charge on any atom is 0.412 e. The van der Waals surface area contributed by atoms with Gasteiger partial charge in [-0.2, -0.15) is 0 Å². The number of hydrogen-bond acceptors (Lipinski definition) is 5. The highest BCUT2D eigenvalue weighted by molar-refractivity contribution is 6.01. The Labute approximate surface area is 224 Å². The van der Waals surface area contributed by atoms with E-state index >= 15 is 0 Å². The Balaban J connectivity index is 2.02. The SMILES string of the molecule is CC=CC=CC(=O)N1CCc2ccc(NC(=O)OC(C)(C)C)cc2C1C(=O)Nc1cc(C)c(O)c(C)c1C. The number of nitrogens with one attached hydrogen (secondary N) is 2. The molecule has 8 nitrogen and oxygen atoms in total. The Morgan fingerprint density at radius 3 is 2.42 bits per heavy atom. The summed E-state index contributed by atoms with van der Waals surface area (Å²) in [6.45, 7) is 12.9. The molecule has 2 aromatic carbocycles. The number of aryl methyl sites for hydroxylation is 1. The zero-order valence-electron chi connectivity index (χ0n) is 23.1. The average molecular weight is 520 g/mol. The third kappa shape index (κ3) is 6.62. The number of carbonyl (C=O) groups excluding carboxylic acids is 3. The third-order valence-corrected chi connectivity index (χ3v) is 6.41. The van der Waals surface area contributed by atoms with E-state index in [0.717, 1.165) is 11.1 Å². The van der Waals surface area contributed by atoms with Crippen molar-refractivity contribution in [2.75, 3.05) is 17.2 Å². The summed E-state index contributed by atoms with van der Waals surface area (Å²) in [6.07, 6.45) is 6.59. The van der Waals surface area contributed by atoms with Crippen molar-refractivity contribution < 1.29 is 24.2 Å². The molecule has 0 bridgehead atoms. The van der Waals surface area contributed by atoms with E-state index in [4.69, 9.17) is 4.74 Å². The summed E-state index contributed by atoms with van der Waals surface area (Å²) >= 11 is 0. The predicted molar refractivity (Wildman–Crippen MR) is 149 cm³/mol. The number of rotatable bonds is 5. The molecule has 3 amide bonds. The number of carbonyl (C=O) groups is 3. The number of phenols is 1.